The first-order valence-electron chi connectivity index (χ1n) is 12.8. The first-order valence-corrected chi connectivity index (χ1v) is 13.8. The molecule has 4 aromatic rings. The molecule has 6 rings (SSSR count). The van der Waals surface area contributed by atoms with E-state index < -0.39 is 5.97 Å². The van der Waals surface area contributed by atoms with Crippen LogP contribution in [-0.4, -0.2) is 82.5 Å². The molecule has 0 aromatic carbocycles. The van der Waals surface area contributed by atoms with Gasteiger partial charge in [-0.05, 0) is 48.3 Å². The molecule has 4 aromatic heterocycles. The summed E-state index contributed by atoms with van der Waals surface area (Å²) >= 11 is 2.20. The van der Waals surface area contributed by atoms with Gasteiger partial charge >= 0.3 is 5.97 Å². The number of hydrogen-bond acceptors (Lipinski definition) is 10. The predicted molar refractivity (Wildman–Crippen MR) is 149 cm³/mol. The predicted octanol–water partition coefficient (Wildman–Crippen LogP) is 3.66. The van der Waals surface area contributed by atoms with E-state index in [-0.39, 0.29) is 5.69 Å². The minimum Gasteiger partial charge on any atom is -0.479 e. The number of imidazole rings is 2. The second-order valence-corrected chi connectivity index (χ2v) is 10.3. The summed E-state index contributed by atoms with van der Waals surface area (Å²) in [4.78, 5) is 29.3. The highest BCUT2D eigenvalue weighted by Gasteiger charge is 2.24. The average molecular weight is 650 g/mol. The molecular weight excluding hydrogens is 619 g/mol. The number of fused-ring (bicyclic) bond motifs is 2. The summed E-state index contributed by atoms with van der Waals surface area (Å²) in [6.45, 7) is 3.09. The minimum absolute atomic E-state index is 0.202. The molecule has 0 N–H and O–H groups in total. The molecule has 12 nitrogen and oxygen atoms in total. The normalized spacial score (nSPS) is 16.6. The van der Waals surface area contributed by atoms with E-state index in [0.717, 1.165) is 78.5 Å². The van der Waals surface area contributed by atoms with Crippen LogP contribution in [0.2, 0.25) is 0 Å². The molecule has 0 aliphatic carbocycles. The molecule has 2 saturated heterocycles. The van der Waals surface area contributed by atoms with E-state index in [1.165, 1.54) is 14.2 Å². The lowest BCUT2D eigenvalue weighted by atomic mass is 10.00. The smallest absolute Gasteiger partial charge is 0.358 e. The molecule has 2 fully saturated rings. The summed E-state index contributed by atoms with van der Waals surface area (Å²) < 4.78 is 31.0. The Kier molecular flexibility index (Phi) is 8.77. The SMILES string of the molecule is COC(=O)c1cn2c(C3CCOCC3)ncc2c(OC)n1.COc1nc(I)cn2c(C3CCOCC3)ncc12. The molecule has 0 radical (unpaired) electrons. The summed E-state index contributed by atoms with van der Waals surface area (Å²) in [7, 11) is 4.48. The van der Waals surface area contributed by atoms with Gasteiger partial charge in [0.1, 0.15) is 26.4 Å². The molecule has 0 atom stereocenters. The van der Waals surface area contributed by atoms with Crippen molar-refractivity contribution < 1.29 is 28.5 Å². The molecule has 0 amide bonds. The minimum atomic E-state index is -0.498. The van der Waals surface area contributed by atoms with Gasteiger partial charge < -0.3 is 23.7 Å². The lowest BCUT2D eigenvalue weighted by molar-refractivity contribution is 0.0592. The molecular formula is C26H31IN6O6. The van der Waals surface area contributed by atoms with Crippen molar-refractivity contribution in [3.8, 4) is 11.8 Å². The van der Waals surface area contributed by atoms with E-state index in [4.69, 9.17) is 23.7 Å². The van der Waals surface area contributed by atoms with E-state index in [0.29, 0.717) is 23.6 Å². The van der Waals surface area contributed by atoms with Crippen LogP contribution in [0, 0.1) is 3.70 Å². The Morgan fingerprint density at radius 2 is 1.31 bits per heavy atom. The van der Waals surface area contributed by atoms with Crippen LogP contribution in [0.15, 0.2) is 24.8 Å². The first-order chi connectivity index (χ1) is 19.0. The van der Waals surface area contributed by atoms with Gasteiger partial charge in [0, 0.05) is 50.7 Å². The number of rotatable bonds is 5. The van der Waals surface area contributed by atoms with Crippen LogP contribution < -0.4 is 9.47 Å². The van der Waals surface area contributed by atoms with Crippen molar-refractivity contribution in [1.29, 1.82) is 0 Å². The van der Waals surface area contributed by atoms with Crippen LogP contribution in [0.5, 0.6) is 11.8 Å². The summed E-state index contributed by atoms with van der Waals surface area (Å²) in [5.41, 5.74) is 1.87. The number of carbonyl (C=O) groups is 1. The van der Waals surface area contributed by atoms with Crippen LogP contribution in [0.25, 0.3) is 11.0 Å². The highest BCUT2D eigenvalue weighted by Crippen LogP contribution is 2.30. The monoisotopic (exact) mass is 650 g/mol. The molecule has 0 bridgehead atoms. The Labute approximate surface area is 239 Å². The molecule has 2 aliphatic heterocycles. The Morgan fingerprint density at radius 3 is 1.79 bits per heavy atom. The third-order valence-corrected chi connectivity index (χ3v) is 7.48. The molecule has 208 valence electrons. The maximum Gasteiger partial charge on any atom is 0.358 e. The molecule has 2 aliphatic rings. The zero-order valence-corrected chi connectivity index (χ0v) is 24.3. The number of hydrogen-bond donors (Lipinski definition) is 0. The van der Waals surface area contributed by atoms with Crippen molar-refractivity contribution >= 4 is 39.6 Å². The van der Waals surface area contributed by atoms with Gasteiger partial charge in [0.2, 0.25) is 11.8 Å². The van der Waals surface area contributed by atoms with Gasteiger partial charge in [-0.2, -0.15) is 0 Å². The fourth-order valence-electron chi connectivity index (χ4n) is 4.96. The van der Waals surface area contributed by atoms with Crippen LogP contribution in [0.4, 0.5) is 0 Å². The van der Waals surface area contributed by atoms with Crippen LogP contribution in [0.1, 0.15) is 59.7 Å². The van der Waals surface area contributed by atoms with Crippen molar-refractivity contribution in [1.82, 2.24) is 28.7 Å². The number of ether oxygens (including phenoxy) is 5. The molecule has 39 heavy (non-hydrogen) atoms. The van der Waals surface area contributed by atoms with E-state index in [1.54, 1.807) is 19.5 Å². The van der Waals surface area contributed by atoms with Crippen molar-refractivity contribution in [2.45, 2.75) is 37.5 Å². The second-order valence-electron chi connectivity index (χ2n) is 9.22. The number of halogens is 1. The van der Waals surface area contributed by atoms with E-state index in [9.17, 15) is 4.79 Å². The molecule has 6 heterocycles. The molecule has 0 spiro atoms. The Hall–Kier alpha value is -3.04. The maximum absolute atomic E-state index is 11.7. The van der Waals surface area contributed by atoms with Gasteiger partial charge in [0.15, 0.2) is 5.69 Å². The van der Waals surface area contributed by atoms with E-state index >= 15 is 0 Å². The van der Waals surface area contributed by atoms with Gasteiger partial charge in [0.05, 0.1) is 33.7 Å². The molecule has 0 unspecified atom stereocenters. The largest absolute Gasteiger partial charge is 0.479 e. The van der Waals surface area contributed by atoms with Gasteiger partial charge in [-0.3, -0.25) is 8.80 Å². The number of carbonyl (C=O) groups excluding carboxylic acids is 1. The number of methoxy groups -OCH3 is 3. The highest BCUT2D eigenvalue weighted by atomic mass is 127. The summed E-state index contributed by atoms with van der Waals surface area (Å²) in [6.07, 6.45) is 11.1. The van der Waals surface area contributed by atoms with Crippen molar-refractivity contribution in [3.63, 3.8) is 0 Å². The quantitative estimate of drug-likeness (QED) is 0.234. The fourth-order valence-corrected chi connectivity index (χ4v) is 5.46. The van der Waals surface area contributed by atoms with Gasteiger partial charge in [0.25, 0.3) is 0 Å². The van der Waals surface area contributed by atoms with E-state index in [1.807, 2.05) is 16.8 Å². The number of aromatic nitrogens is 6. The Bertz CT molecular complexity index is 1440. The number of esters is 1. The molecule has 0 saturated carbocycles. The number of nitrogens with zero attached hydrogens (tertiary/aromatic N) is 6. The average Bonchev–Trinajstić information content (AvgIpc) is 3.61. The van der Waals surface area contributed by atoms with Crippen LogP contribution in [-0.2, 0) is 14.2 Å². The molecule has 13 heteroatoms. The van der Waals surface area contributed by atoms with Crippen LogP contribution in [0.3, 0.4) is 0 Å². The third kappa shape index (κ3) is 5.79. The highest BCUT2D eigenvalue weighted by molar-refractivity contribution is 14.1. The zero-order chi connectivity index (χ0) is 27.4. The summed E-state index contributed by atoms with van der Waals surface area (Å²) in [5, 5.41) is 0. The van der Waals surface area contributed by atoms with Crippen molar-refractivity contribution in [2.75, 3.05) is 47.8 Å². The lowest BCUT2D eigenvalue weighted by Crippen LogP contribution is -2.17. The van der Waals surface area contributed by atoms with E-state index in [2.05, 4.69) is 46.9 Å². The fraction of sp³-hybridized carbons (Fsp3) is 0.500. The third-order valence-electron chi connectivity index (χ3n) is 6.96. The Morgan fingerprint density at radius 1 is 0.821 bits per heavy atom. The summed E-state index contributed by atoms with van der Waals surface area (Å²) in [5.74, 6) is 3.26. The van der Waals surface area contributed by atoms with Gasteiger partial charge in [-0.15, -0.1) is 0 Å². The lowest BCUT2D eigenvalue weighted by Gasteiger charge is -2.21. The summed E-state index contributed by atoms with van der Waals surface area (Å²) in [6, 6.07) is 0. The van der Waals surface area contributed by atoms with Gasteiger partial charge in [-0.25, -0.2) is 24.7 Å². The topological polar surface area (TPSA) is 124 Å². The second kappa shape index (κ2) is 12.4. The maximum atomic E-state index is 11.7. The van der Waals surface area contributed by atoms with Crippen molar-refractivity contribution in [2.24, 2.45) is 0 Å². The standard InChI is InChI=1S/C14H17N3O4.C12H14IN3O2/c1-19-13-11-7-15-12(9-3-5-21-6-4-9)17(11)8-10(16-13)14(18)20-2;1-17-12-9-6-14-11(8-2-4-18-5-3-8)16(9)7-10(13)15-12/h7-9H,3-6H2,1-2H3;6-8H,2-5H2,1H3. The first kappa shape index (κ1) is 27.5. The van der Waals surface area contributed by atoms with Crippen LogP contribution >= 0.6 is 22.6 Å². The van der Waals surface area contributed by atoms with Crippen molar-refractivity contribution in [3.05, 3.63) is 45.8 Å². The zero-order valence-electron chi connectivity index (χ0n) is 22.1. The van der Waals surface area contributed by atoms with Gasteiger partial charge in [-0.1, -0.05) is 0 Å². The Balaban J connectivity index is 0.000000160.